The summed E-state index contributed by atoms with van der Waals surface area (Å²) >= 11 is 0. The first-order chi connectivity index (χ1) is 9.90. The summed E-state index contributed by atoms with van der Waals surface area (Å²) < 4.78 is 3.88. The van der Waals surface area contributed by atoms with Gasteiger partial charge in [0.25, 0.3) is 5.91 Å². The van der Waals surface area contributed by atoms with Crippen LogP contribution in [0.5, 0.6) is 0 Å². The van der Waals surface area contributed by atoms with E-state index in [0.29, 0.717) is 12.4 Å². The van der Waals surface area contributed by atoms with Crippen molar-refractivity contribution in [2.75, 3.05) is 13.6 Å². The summed E-state index contributed by atoms with van der Waals surface area (Å²) in [6.07, 6.45) is 0.745. The van der Waals surface area contributed by atoms with E-state index in [1.807, 2.05) is 37.0 Å². The van der Waals surface area contributed by atoms with Gasteiger partial charge < -0.3 is 0 Å². The molecule has 0 N–H and O–H groups in total. The number of likely N-dealkylation sites (N-methyl/N-ethyl adjacent to an activating group) is 1. The van der Waals surface area contributed by atoms with Gasteiger partial charge in [-0.15, -0.1) is 0 Å². The van der Waals surface area contributed by atoms with Crippen LogP contribution in [0.25, 0.3) is 0 Å². The molecule has 2 aliphatic heterocycles. The Bertz CT molecular complexity index is 688. The van der Waals surface area contributed by atoms with Gasteiger partial charge in [0.05, 0.1) is 7.05 Å². The predicted octanol–water partition coefficient (Wildman–Crippen LogP) is 0.818. The monoisotopic (exact) mass is 290 g/mol. The molecule has 7 nitrogen and oxygen atoms in total. The van der Waals surface area contributed by atoms with Crippen LogP contribution < -0.4 is 4.57 Å². The van der Waals surface area contributed by atoms with Crippen LogP contribution in [-0.4, -0.2) is 45.7 Å². The molecule has 7 heteroatoms. The fraction of sp³-hybridized carbons (Fsp3) is 0.571. The lowest BCUT2D eigenvalue weighted by Gasteiger charge is -2.33. The zero-order chi connectivity index (χ0) is 15.5. The molecule has 0 saturated carbocycles. The summed E-state index contributed by atoms with van der Waals surface area (Å²) in [5.74, 6) is 1.05. The van der Waals surface area contributed by atoms with Gasteiger partial charge in [0.1, 0.15) is 11.4 Å². The van der Waals surface area contributed by atoms with Gasteiger partial charge in [0.15, 0.2) is 0 Å². The number of nitrogens with zero attached hydrogens (tertiary/aromatic N) is 5. The zero-order valence-electron chi connectivity index (χ0n) is 13.0. The Morgan fingerprint density at radius 2 is 1.95 bits per heavy atom. The average molecular weight is 290 g/mol. The molecule has 112 valence electrons. The van der Waals surface area contributed by atoms with E-state index < -0.39 is 6.04 Å². The van der Waals surface area contributed by atoms with Crippen molar-refractivity contribution in [2.45, 2.75) is 33.2 Å². The van der Waals surface area contributed by atoms with Gasteiger partial charge in [0.2, 0.25) is 11.9 Å². The minimum Gasteiger partial charge on any atom is -0.270 e. The molecule has 0 spiro atoms. The number of amides is 3. The summed E-state index contributed by atoms with van der Waals surface area (Å²) in [4.78, 5) is 32.4. The number of amidine groups is 1. The molecule has 1 aromatic heterocycles. The second-order valence-corrected chi connectivity index (χ2v) is 5.60. The Hall–Kier alpha value is -2.18. The Balaban J connectivity index is 2.16. The number of carbonyl (C=O) groups is 2. The lowest BCUT2D eigenvalue weighted by Crippen LogP contribution is -2.57. The lowest BCUT2D eigenvalue weighted by atomic mass is 10.1. The first-order valence-corrected chi connectivity index (χ1v) is 7.15. The van der Waals surface area contributed by atoms with Gasteiger partial charge in [0, 0.05) is 13.6 Å². The molecule has 3 heterocycles. The van der Waals surface area contributed by atoms with Crippen LogP contribution >= 0.6 is 0 Å². The van der Waals surface area contributed by atoms with Crippen LogP contribution in [0, 0.1) is 13.8 Å². The number of urea groups is 1. The molecule has 0 aromatic carbocycles. The van der Waals surface area contributed by atoms with Crippen molar-refractivity contribution >= 4 is 23.7 Å². The molecule has 21 heavy (non-hydrogen) atoms. The Morgan fingerprint density at radius 1 is 1.29 bits per heavy atom. The highest BCUT2D eigenvalue weighted by Gasteiger charge is 2.53. The molecule has 0 aliphatic carbocycles. The SMILES string of the molecule is CCCN1C(=O)C2C(=Nc3n2c(C)c(C)[n+]3C)N(C)C1=O. The molecule has 1 fully saturated rings. The molecule has 1 atom stereocenters. The number of carbonyl (C=O) groups excluding carboxylic acids is 2. The first kappa shape index (κ1) is 13.8. The van der Waals surface area contributed by atoms with Gasteiger partial charge in [-0.3, -0.25) is 14.6 Å². The van der Waals surface area contributed by atoms with Crippen LogP contribution in [-0.2, 0) is 11.8 Å². The molecule has 2 aliphatic rings. The van der Waals surface area contributed by atoms with E-state index in [4.69, 9.17) is 0 Å². The minimum absolute atomic E-state index is 0.184. The van der Waals surface area contributed by atoms with E-state index >= 15 is 0 Å². The largest absolute Gasteiger partial charge is 0.401 e. The topological polar surface area (TPSA) is 61.8 Å². The maximum absolute atomic E-state index is 12.8. The Labute approximate surface area is 123 Å². The van der Waals surface area contributed by atoms with Crippen LogP contribution in [0.15, 0.2) is 4.99 Å². The second-order valence-electron chi connectivity index (χ2n) is 5.60. The zero-order valence-corrected chi connectivity index (χ0v) is 13.0. The van der Waals surface area contributed by atoms with Crippen LogP contribution in [0.1, 0.15) is 30.8 Å². The van der Waals surface area contributed by atoms with E-state index in [1.165, 1.54) is 9.80 Å². The van der Waals surface area contributed by atoms with Crippen molar-refractivity contribution in [3.63, 3.8) is 0 Å². The molecular formula is C14H20N5O2+. The summed E-state index contributed by atoms with van der Waals surface area (Å²) in [6, 6.07) is -0.811. The third-order valence-corrected chi connectivity index (χ3v) is 4.43. The molecule has 3 amide bonds. The van der Waals surface area contributed by atoms with Gasteiger partial charge in [-0.25, -0.2) is 13.9 Å². The van der Waals surface area contributed by atoms with Crippen molar-refractivity contribution in [2.24, 2.45) is 12.0 Å². The highest BCUT2D eigenvalue weighted by atomic mass is 16.2. The normalized spacial score (nSPS) is 20.8. The van der Waals surface area contributed by atoms with Gasteiger partial charge in [-0.05, 0) is 20.3 Å². The van der Waals surface area contributed by atoms with Gasteiger partial charge in [-0.1, -0.05) is 11.9 Å². The smallest absolute Gasteiger partial charge is 0.270 e. The van der Waals surface area contributed by atoms with E-state index in [-0.39, 0.29) is 11.9 Å². The highest BCUT2D eigenvalue weighted by Crippen LogP contribution is 2.34. The number of hydrogen-bond donors (Lipinski definition) is 0. The van der Waals surface area contributed by atoms with E-state index in [1.54, 1.807) is 7.05 Å². The molecule has 0 bridgehead atoms. The van der Waals surface area contributed by atoms with Crippen LogP contribution in [0.2, 0.25) is 0 Å². The average Bonchev–Trinajstić information content (AvgIpc) is 2.95. The second kappa shape index (κ2) is 4.41. The lowest BCUT2D eigenvalue weighted by molar-refractivity contribution is -0.663. The Kier molecular flexibility index (Phi) is 2.89. The summed E-state index contributed by atoms with van der Waals surface area (Å²) in [6.45, 7) is 6.37. The van der Waals surface area contributed by atoms with Crippen LogP contribution in [0.4, 0.5) is 10.7 Å². The third kappa shape index (κ3) is 1.60. The number of aliphatic imine (C=N–C) groups is 1. The van der Waals surface area contributed by atoms with Gasteiger partial charge >= 0.3 is 12.0 Å². The number of rotatable bonds is 2. The van der Waals surface area contributed by atoms with E-state index in [2.05, 4.69) is 4.99 Å². The number of aromatic nitrogens is 2. The molecule has 1 unspecified atom stereocenters. The predicted molar refractivity (Wildman–Crippen MR) is 76.4 cm³/mol. The van der Waals surface area contributed by atoms with Crippen LogP contribution in [0.3, 0.4) is 0 Å². The maximum atomic E-state index is 12.8. The fourth-order valence-electron chi connectivity index (χ4n) is 3.03. The van der Waals surface area contributed by atoms with Crippen molar-refractivity contribution in [3.8, 4) is 0 Å². The number of imide groups is 1. The summed E-state index contributed by atoms with van der Waals surface area (Å²) in [5.41, 5.74) is 2.07. The minimum atomic E-state index is -0.519. The highest BCUT2D eigenvalue weighted by molar-refractivity contribution is 6.20. The Morgan fingerprint density at radius 3 is 2.57 bits per heavy atom. The van der Waals surface area contributed by atoms with Crippen molar-refractivity contribution in [3.05, 3.63) is 11.4 Å². The summed E-state index contributed by atoms with van der Waals surface area (Å²) in [5, 5.41) is 0. The molecule has 1 aromatic rings. The summed E-state index contributed by atoms with van der Waals surface area (Å²) in [7, 11) is 3.60. The quantitative estimate of drug-likeness (QED) is 0.757. The standard InChI is InChI=1S/C14H20N5O2/c1-6-7-18-12(20)10-11(17(5)14(18)21)15-13-16(4)8(2)9(3)19(10)13/h10H,6-7H2,1-5H3/q+1. The molecule has 1 saturated heterocycles. The number of fused-ring (bicyclic) bond motifs is 3. The van der Waals surface area contributed by atoms with Gasteiger partial charge in [-0.2, -0.15) is 0 Å². The molecular weight excluding hydrogens is 270 g/mol. The molecule has 3 rings (SSSR count). The maximum Gasteiger partial charge on any atom is 0.401 e. The first-order valence-electron chi connectivity index (χ1n) is 7.15. The van der Waals surface area contributed by atoms with E-state index in [0.717, 1.165) is 23.8 Å². The van der Waals surface area contributed by atoms with Crippen molar-refractivity contribution < 1.29 is 14.2 Å². The van der Waals surface area contributed by atoms with Crippen molar-refractivity contribution in [1.82, 2.24) is 14.4 Å². The fourth-order valence-corrected chi connectivity index (χ4v) is 3.03. The third-order valence-electron chi connectivity index (χ3n) is 4.43. The van der Waals surface area contributed by atoms with E-state index in [9.17, 15) is 9.59 Å². The number of imidazole rings is 1. The number of hydrogen-bond acceptors (Lipinski definition) is 3. The van der Waals surface area contributed by atoms with Crippen molar-refractivity contribution in [1.29, 1.82) is 0 Å². The molecule has 0 radical (unpaired) electrons.